The zero-order valence-electron chi connectivity index (χ0n) is 42.3. The Kier molecular flexibility index (Phi) is 10.6. The van der Waals surface area contributed by atoms with Gasteiger partial charge in [0.25, 0.3) is 0 Å². The molecule has 0 N–H and O–H groups in total. The van der Waals surface area contributed by atoms with E-state index in [9.17, 15) is 0 Å². The van der Waals surface area contributed by atoms with Gasteiger partial charge in [-0.05, 0) is 148 Å². The van der Waals surface area contributed by atoms with Crippen molar-refractivity contribution in [2.45, 2.75) is 0 Å². The molecular weight excluding hydrogens is 945 g/mol. The predicted octanol–water partition coefficient (Wildman–Crippen LogP) is 16.9. The highest BCUT2D eigenvalue weighted by Crippen LogP contribution is 2.49. The highest BCUT2D eigenvalue weighted by atomic mass is 28.3. The first-order chi connectivity index (χ1) is 38.2. The van der Waals surface area contributed by atoms with Gasteiger partial charge in [0.15, 0.2) is 8.07 Å². The molecule has 0 spiro atoms. The van der Waals surface area contributed by atoms with E-state index in [1.165, 1.54) is 103 Å². The Morgan fingerprint density at radius 2 is 0.766 bits per heavy atom. The molecule has 2 nitrogen and oxygen atoms in total. The van der Waals surface area contributed by atoms with Crippen LogP contribution in [-0.2, 0) is 0 Å². The van der Waals surface area contributed by atoms with E-state index in [1.54, 1.807) is 0 Å². The van der Waals surface area contributed by atoms with Crippen LogP contribution in [0.4, 0.5) is 17.1 Å². The minimum Gasteiger partial charge on any atom is -0.310 e. The number of para-hydroxylation sites is 2. The lowest BCUT2D eigenvalue weighted by molar-refractivity contribution is 1.18. The number of benzene rings is 13. The van der Waals surface area contributed by atoms with Crippen LogP contribution in [0.5, 0.6) is 0 Å². The molecule has 1 aliphatic rings. The van der Waals surface area contributed by atoms with Crippen molar-refractivity contribution in [1.82, 2.24) is 4.57 Å². The quantitative estimate of drug-likeness (QED) is 0.131. The molecule has 1 aliphatic heterocycles. The summed E-state index contributed by atoms with van der Waals surface area (Å²) in [6.07, 6.45) is 0. The lowest BCUT2D eigenvalue weighted by atomic mass is 9.91. The Hall–Kier alpha value is -9.80. The average Bonchev–Trinajstić information content (AvgIpc) is 4.18. The molecule has 13 aromatic carbocycles. The van der Waals surface area contributed by atoms with Gasteiger partial charge in [0, 0.05) is 33.4 Å². The third kappa shape index (κ3) is 7.23. The van der Waals surface area contributed by atoms with Gasteiger partial charge < -0.3 is 9.47 Å². The number of rotatable bonds is 9. The third-order valence-electron chi connectivity index (χ3n) is 16.2. The average molecular weight is 995 g/mol. The summed E-state index contributed by atoms with van der Waals surface area (Å²) in [5.74, 6) is 0. The maximum atomic E-state index is 2.51. The van der Waals surface area contributed by atoms with Gasteiger partial charge in [-0.2, -0.15) is 0 Å². The molecule has 0 saturated heterocycles. The number of nitrogens with zero attached hydrogens (tertiary/aromatic N) is 2. The molecule has 0 radical (unpaired) electrons. The fourth-order valence-electron chi connectivity index (χ4n) is 12.7. The van der Waals surface area contributed by atoms with E-state index in [2.05, 4.69) is 313 Å². The van der Waals surface area contributed by atoms with E-state index in [0.29, 0.717) is 0 Å². The van der Waals surface area contributed by atoms with E-state index in [4.69, 9.17) is 0 Å². The molecule has 0 aliphatic carbocycles. The van der Waals surface area contributed by atoms with Crippen molar-refractivity contribution in [2.24, 2.45) is 0 Å². The summed E-state index contributed by atoms with van der Waals surface area (Å²) in [5.41, 5.74) is 16.4. The summed E-state index contributed by atoms with van der Waals surface area (Å²) in [6, 6.07) is 113. The first kappa shape index (κ1) is 44.7. The highest BCUT2D eigenvalue weighted by molar-refractivity contribution is 7.22. The molecule has 0 bridgehead atoms. The van der Waals surface area contributed by atoms with Crippen molar-refractivity contribution in [3.63, 3.8) is 0 Å². The van der Waals surface area contributed by atoms with Gasteiger partial charge in [0.1, 0.15) is 0 Å². The first-order valence-electron chi connectivity index (χ1n) is 26.7. The van der Waals surface area contributed by atoms with Gasteiger partial charge >= 0.3 is 0 Å². The highest BCUT2D eigenvalue weighted by Gasteiger charge is 2.49. The van der Waals surface area contributed by atoms with E-state index >= 15 is 0 Å². The minimum absolute atomic E-state index is 1.07. The zero-order chi connectivity index (χ0) is 50.9. The van der Waals surface area contributed by atoms with Crippen molar-refractivity contribution >= 4 is 89.2 Å². The molecule has 2 heterocycles. The molecule has 0 saturated carbocycles. The van der Waals surface area contributed by atoms with E-state index in [-0.39, 0.29) is 0 Å². The second kappa shape index (κ2) is 18.2. The standard InChI is InChI=1S/C74H50N2Si/c1-4-23-59(24-5-1)76-69-32-16-14-29-64(69)67-49-68(65-31-18-34-73-74(65)66-30-15-17-33-72(66)77(73,62-25-6-2-7-26-62)63-27-8-3-9-28-63)70(50-71(67)76)75(60-43-39-53(40-44-60)57-37-35-51-19-10-12-21-55(51)47-57)61-45-41-54(42-46-61)58-38-36-52-20-11-13-22-56(52)48-58/h1-50H. The largest absolute Gasteiger partial charge is 0.310 e. The van der Waals surface area contributed by atoms with Crippen LogP contribution < -0.4 is 25.6 Å². The Morgan fingerprint density at radius 1 is 0.286 bits per heavy atom. The molecule has 0 unspecified atom stereocenters. The maximum absolute atomic E-state index is 2.83. The summed E-state index contributed by atoms with van der Waals surface area (Å²) in [4.78, 5) is 2.51. The maximum Gasteiger partial charge on any atom is 0.180 e. The van der Waals surface area contributed by atoms with Crippen LogP contribution in [0.3, 0.4) is 0 Å². The lowest BCUT2D eigenvalue weighted by Gasteiger charge is -2.31. The Balaban J connectivity index is 1.02. The van der Waals surface area contributed by atoms with Crippen molar-refractivity contribution in [2.75, 3.05) is 4.90 Å². The van der Waals surface area contributed by atoms with Crippen LogP contribution in [0.15, 0.2) is 303 Å². The van der Waals surface area contributed by atoms with E-state index in [1.807, 2.05) is 0 Å². The van der Waals surface area contributed by atoms with Gasteiger partial charge in [0.2, 0.25) is 0 Å². The second-order valence-corrected chi connectivity index (χ2v) is 24.1. The van der Waals surface area contributed by atoms with Crippen LogP contribution in [0.2, 0.25) is 0 Å². The molecule has 77 heavy (non-hydrogen) atoms. The minimum atomic E-state index is -2.83. The van der Waals surface area contributed by atoms with Gasteiger partial charge in [0.05, 0.1) is 16.7 Å². The monoisotopic (exact) mass is 994 g/mol. The number of anilines is 3. The molecule has 14 aromatic rings. The molecule has 3 heteroatoms. The number of hydrogen-bond acceptors (Lipinski definition) is 1. The van der Waals surface area contributed by atoms with Gasteiger partial charge in [-0.15, -0.1) is 0 Å². The zero-order valence-corrected chi connectivity index (χ0v) is 43.3. The lowest BCUT2D eigenvalue weighted by Crippen LogP contribution is -2.72. The number of aromatic nitrogens is 1. The van der Waals surface area contributed by atoms with Gasteiger partial charge in [-0.25, -0.2) is 0 Å². The smallest absolute Gasteiger partial charge is 0.180 e. The van der Waals surface area contributed by atoms with Crippen LogP contribution in [0.1, 0.15) is 0 Å². The second-order valence-electron chi connectivity index (χ2n) is 20.4. The fraction of sp³-hybridized carbons (Fsp3) is 0. The van der Waals surface area contributed by atoms with Crippen LogP contribution in [-0.4, -0.2) is 12.6 Å². The predicted molar refractivity (Wildman–Crippen MR) is 329 cm³/mol. The van der Waals surface area contributed by atoms with Crippen LogP contribution in [0, 0.1) is 0 Å². The van der Waals surface area contributed by atoms with Crippen molar-refractivity contribution in [3.8, 4) is 50.2 Å². The summed E-state index contributed by atoms with van der Waals surface area (Å²) in [6.45, 7) is 0. The first-order valence-corrected chi connectivity index (χ1v) is 28.7. The molecule has 0 atom stereocenters. The summed E-state index contributed by atoms with van der Waals surface area (Å²) < 4.78 is 2.45. The summed E-state index contributed by atoms with van der Waals surface area (Å²) >= 11 is 0. The Bertz CT molecular complexity index is 4380. The fourth-order valence-corrected chi connectivity index (χ4v) is 18.0. The van der Waals surface area contributed by atoms with Crippen molar-refractivity contribution in [3.05, 3.63) is 303 Å². The van der Waals surface area contributed by atoms with Gasteiger partial charge in [-0.1, -0.05) is 237 Å². The van der Waals surface area contributed by atoms with Gasteiger partial charge in [-0.3, -0.25) is 0 Å². The molecular formula is C74H50N2Si. The molecule has 15 rings (SSSR count). The van der Waals surface area contributed by atoms with E-state index < -0.39 is 8.07 Å². The van der Waals surface area contributed by atoms with Crippen molar-refractivity contribution in [1.29, 1.82) is 0 Å². The number of fused-ring (bicyclic) bond motifs is 8. The normalized spacial score (nSPS) is 12.5. The third-order valence-corrected chi connectivity index (χ3v) is 21.1. The SMILES string of the molecule is c1ccc(-n2c3ccccc3c3cc(-c4cccc5c4-c4ccccc4[Si]5(c4ccccc4)c4ccccc4)c(N(c4ccc(-c5ccc6ccccc6c5)cc4)c4ccc(-c5ccc6ccccc6c5)cc4)cc32)cc1. The summed E-state index contributed by atoms with van der Waals surface area (Å²) in [7, 11) is -2.83. The van der Waals surface area contributed by atoms with Crippen LogP contribution in [0.25, 0.3) is 93.5 Å². The van der Waals surface area contributed by atoms with Crippen LogP contribution >= 0.6 is 0 Å². The summed E-state index contributed by atoms with van der Waals surface area (Å²) in [5, 5.41) is 13.0. The topological polar surface area (TPSA) is 8.17 Å². The number of hydrogen-bond donors (Lipinski definition) is 0. The Labute approximate surface area is 449 Å². The molecule has 0 amide bonds. The molecule has 0 fully saturated rings. The Morgan fingerprint density at radius 3 is 1.38 bits per heavy atom. The molecule has 360 valence electrons. The van der Waals surface area contributed by atoms with Crippen molar-refractivity contribution < 1.29 is 0 Å². The van der Waals surface area contributed by atoms with E-state index in [0.717, 1.165) is 28.3 Å². The molecule has 1 aromatic heterocycles.